The van der Waals surface area contributed by atoms with E-state index in [-0.39, 0.29) is 29.7 Å². The number of nitrogens with one attached hydrogen (secondary N) is 1. The van der Waals surface area contributed by atoms with Gasteiger partial charge in [0.1, 0.15) is 10.8 Å². The Morgan fingerprint density at radius 2 is 1.94 bits per heavy atom. The van der Waals surface area contributed by atoms with Gasteiger partial charge in [-0.15, -0.1) is 10.2 Å². The third-order valence-electron chi connectivity index (χ3n) is 6.39. The number of carbonyl (C=O) groups is 2. The molecule has 1 saturated carbocycles. The van der Waals surface area contributed by atoms with E-state index in [4.69, 9.17) is 4.74 Å². The van der Waals surface area contributed by atoms with Crippen molar-refractivity contribution >= 4 is 28.3 Å². The number of anilines is 1. The maximum Gasteiger partial charge on any atom is 0.227 e. The summed E-state index contributed by atoms with van der Waals surface area (Å²) >= 11 is 1.33. The monoisotopic (exact) mass is 500 g/mol. The molecule has 1 aliphatic carbocycles. The van der Waals surface area contributed by atoms with E-state index in [0.29, 0.717) is 29.0 Å². The Kier molecular flexibility index (Phi) is 9.66. The highest BCUT2D eigenvalue weighted by Crippen LogP contribution is 2.30. The fourth-order valence-electron chi connectivity index (χ4n) is 4.99. The molecule has 1 N–H and O–H groups in total. The van der Waals surface area contributed by atoms with Crippen LogP contribution in [0.15, 0.2) is 24.3 Å². The van der Waals surface area contributed by atoms with Crippen molar-refractivity contribution < 1.29 is 14.3 Å². The molecule has 192 valence electrons. The molecule has 1 atom stereocenters. The van der Waals surface area contributed by atoms with Crippen molar-refractivity contribution in [3.63, 3.8) is 0 Å². The highest BCUT2D eigenvalue weighted by molar-refractivity contribution is 7.18. The van der Waals surface area contributed by atoms with E-state index in [9.17, 15) is 9.59 Å². The molecule has 3 rings (SSSR count). The first kappa shape index (κ1) is 27.1. The Morgan fingerprint density at radius 3 is 2.63 bits per heavy atom. The van der Waals surface area contributed by atoms with E-state index in [2.05, 4.69) is 43.2 Å². The molecule has 0 saturated heterocycles. The molecular formula is C27H40N4O3S. The lowest BCUT2D eigenvalue weighted by Gasteiger charge is -2.35. The van der Waals surface area contributed by atoms with Crippen LogP contribution in [0.2, 0.25) is 0 Å². The molecule has 1 aromatic heterocycles. The highest BCUT2D eigenvalue weighted by Gasteiger charge is 2.28. The predicted molar refractivity (Wildman–Crippen MR) is 142 cm³/mol. The van der Waals surface area contributed by atoms with Crippen LogP contribution in [0.3, 0.4) is 0 Å². The second kappa shape index (κ2) is 12.5. The molecular weight excluding hydrogens is 460 g/mol. The zero-order valence-electron chi connectivity index (χ0n) is 21.8. The van der Waals surface area contributed by atoms with Crippen LogP contribution in [-0.4, -0.2) is 46.6 Å². The number of ether oxygens (including phenoxy) is 1. The maximum absolute atomic E-state index is 13.3. The van der Waals surface area contributed by atoms with Crippen molar-refractivity contribution in [3.05, 3.63) is 24.3 Å². The molecule has 8 heteroatoms. The number of aromatic nitrogens is 2. The zero-order chi connectivity index (χ0) is 25.4. The molecule has 2 amide bonds. The SMILES string of the molecule is COc1cccc(-c2nnc(NC(=O)CCN(C(=O)C[C@H](C)CC(C)(C)C)C3CCCCC3)s2)c1. The van der Waals surface area contributed by atoms with Crippen molar-refractivity contribution in [2.75, 3.05) is 19.0 Å². The third kappa shape index (κ3) is 8.60. The van der Waals surface area contributed by atoms with Crippen molar-refractivity contribution in [2.45, 2.75) is 85.1 Å². The van der Waals surface area contributed by atoms with Crippen LogP contribution < -0.4 is 10.1 Å². The first-order chi connectivity index (χ1) is 16.6. The normalized spacial score (nSPS) is 15.5. The summed E-state index contributed by atoms with van der Waals surface area (Å²) in [5.41, 5.74) is 1.08. The number of hydrogen-bond donors (Lipinski definition) is 1. The second-order valence-electron chi connectivity index (χ2n) is 10.9. The highest BCUT2D eigenvalue weighted by atomic mass is 32.1. The average Bonchev–Trinajstić information content (AvgIpc) is 3.27. The molecule has 0 aliphatic heterocycles. The lowest BCUT2D eigenvalue weighted by atomic mass is 9.84. The Morgan fingerprint density at radius 1 is 1.20 bits per heavy atom. The standard InChI is InChI=1S/C27H40N4O3S/c1-19(18-27(2,3)4)16-24(33)31(21-11-7-6-8-12-21)15-14-23(32)28-26-30-29-25(35-26)20-10-9-13-22(17-20)34-5/h9-10,13,17,19,21H,6-8,11-12,14-16,18H2,1-5H3,(H,28,30,32)/t19-/m0/s1. The summed E-state index contributed by atoms with van der Waals surface area (Å²) in [5.74, 6) is 1.10. The molecule has 1 aliphatic rings. The van der Waals surface area contributed by atoms with Crippen LogP contribution in [0.25, 0.3) is 10.6 Å². The minimum atomic E-state index is -0.144. The maximum atomic E-state index is 13.3. The smallest absolute Gasteiger partial charge is 0.227 e. The number of hydrogen-bond acceptors (Lipinski definition) is 6. The molecule has 1 fully saturated rings. The number of rotatable bonds is 10. The van der Waals surface area contributed by atoms with Crippen LogP contribution in [0.1, 0.15) is 79.1 Å². The van der Waals surface area contributed by atoms with Crippen LogP contribution in [0, 0.1) is 11.3 Å². The number of methoxy groups -OCH3 is 1. The third-order valence-corrected chi connectivity index (χ3v) is 7.28. The van der Waals surface area contributed by atoms with Gasteiger partial charge in [0.25, 0.3) is 0 Å². The molecule has 35 heavy (non-hydrogen) atoms. The van der Waals surface area contributed by atoms with E-state index in [1.54, 1.807) is 7.11 Å². The summed E-state index contributed by atoms with van der Waals surface area (Å²) in [4.78, 5) is 28.0. The number of carbonyl (C=O) groups excluding carboxylic acids is 2. The fraction of sp³-hybridized carbons (Fsp3) is 0.630. The minimum absolute atomic E-state index is 0.144. The van der Waals surface area contributed by atoms with Gasteiger partial charge in [0.15, 0.2) is 0 Å². The molecule has 0 spiro atoms. The molecule has 7 nitrogen and oxygen atoms in total. The largest absolute Gasteiger partial charge is 0.497 e. The topological polar surface area (TPSA) is 84.4 Å². The van der Waals surface area contributed by atoms with Gasteiger partial charge in [0.2, 0.25) is 16.9 Å². The van der Waals surface area contributed by atoms with E-state index in [1.807, 2.05) is 29.2 Å². The Labute approximate surface area is 213 Å². The summed E-state index contributed by atoms with van der Waals surface area (Å²) in [5, 5.41) is 12.4. The van der Waals surface area contributed by atoms with Gasteiger partial charge in [-0.3, -0.25) is 9.59 Å². The molecule has 0 bridgehead atoms. The Balaban J connectivity index is 1.59. The lowest BCUT2D eigenvalue weighted by Crippen LogP contribution is -2.43. The van der Waals surface area contributed by atoms with E-state index >= 15 is 0 Å². The number of nitrogens with zero attached hydrogens (tertiary/aromatic N) is 3. The first-order valence-corrected chi connectivity index (χ1v) is 13.5. The van der Waals surface area contributed by atoms with Gasteiger partial charge < -0.3 is 15.0 Å². The quantitative estimate of drug-likeness (QED) is 0.422. The molecule has 1 aromatic carbocycles. The predicted octanol–water partition coefficient (Wildman–Crippen LogP) is 6.17. The van der Waals surface area contributed by atoms with Crippen molar-refractivity contribution in [1.29, 1.82) is 0 Å². The van der Waals surface area contributed by atoms with Gasteiger partial charge in [0.05, 0.1) is 7.11 Å². The van der Waals surface area contributed by atoms with Gasteiger partial charge in [-0.05, 0) is 42.7 Å². The van der Waals surface area contributed by atoms with Crippen LogP contribution in [0.4, 0.5) is 5.13 Å². The van der Waals surface area contributed by atoms with E-state index in [1.165, 1.54) is 17.8 Å². The summed E-state index contributed by atoms with van der Waals surface area (Å²) in [6, 6.07) is 7.83. The zero-order valence-corrected chi connectivity index (χ0v) is 22.6. The molecule has 2 aromatic rings. The summed E-state index contributed by atoms with van der Waals surface area (Å²) in [6.45, 7) is 9.24. The van der Waals surface area contributed by atoms with Crippen LogP contribution >= 0.6 is 11.3 Å². The number of benzene rings is 1. The minimum Gasteiger partial charge on any atom is -0.497 e. The Bertz CT molecular complexity index is 979. The lowest BCUT2D eigenvalue weighted by molar-refractivity contribution is -0.135. The van der Waals surface area contributed by atoms with Crippen molar-refractivity contribution in [1.82, 2.24) is 15.1 Å². The fourth-order valence-corrected chi connectivity index (χ4v) is 5.74. The summed E-state index contributed by atoms with van der Waals surface area (Å²) < 4.78 is 5.27. The first-order valence-electron chi connectivity index (χ1n) is 12.7. The van der Waals surface area contributed by atoms with E-state index < -0.39 is 0 Å². The van der Waals surface area contributed by atoms with Gasteiger partial charge in [-0.2, -0.15) is 0 Å². The second-order valence-corrected chi connectivity index (χ2v) is 11.9. The van der Waals surface area contributed by atoms with Crippen LogP contribution in [-0.2, 0) is 9.59 Å². The van der Waals surface area contributed by atoms with Crippen molar-refractivity contribution in [2.24, 2.45) is 11.3 Å². The summed E-state index contributed by atoms with van der Waals surface area (Å²) in [6.07, 6.45) is 7.38. The molecule has 0 radical (unpaired) electrons. The van der Waals surface area contributed by atoms with Gasteiger partial charge in [0, 0.05) is 31.0 Å². The molecule has 1 heterocycles. The Hall–Kier alpha value is -2.48. The van der Waals surface area contributed by atoms with Gasteiger partial charge >= 0.3 is 0 Å². The average molecular weight is 501 g/mol. The van der Waals surface area contributed by atoms with Gasteiger partial charge in [-0.25, -0.2) is 0 Å². The molecule has 0 unspecified atom stereocenters. The summed E-state index contributed by atoms with van der Waals surface area (Å²) in [7, 11) is 1.62. The number of amides is 2. The van der Waals surface area contributed by atoms with Gasteiger partial charge in [-0.1, -0.05) is 70.4 Å². The van der Waals surface area contributed by atoms with Crippen molar-refractivity contribution in [3.8, 4) is 16.3 Å². The van der Waals surface area contributed by atoms with E-state index in [0.717, 1.165) is 43.4 Å². The van der Waals surface area contributed by atoms with Crippen LogP contribution in [0.5, 0.6) is 5.75 Å².